The van der Waals surface area contributed by atoms with E-state index in [0.717, 1.165) is 32.7 Å². The number of carbonyl (C=O) groups excluding carboxylic acids is 1. The molecule has 2 heterocycles. The van der Waals surface area contributed by atoms with E-state index in [1.54, 1.807) is 0 Å². The molecule has 2 rings (SSSR count). The number of ether oxygens (including phenoxy) is 1. The second-order valence-corrected chi connectivity index (χ2v) is 5.84. The van der Waals surface area contributed by atoms with Crippen LogP contribution < -0.4 is 5.32 Å². The van der Waals surface area contributed by atoms with Crippen LogP contribution in [0.25, 0.3) is 0 Å². The van der Waals surface area contributed by atoms with E-state index in [-0.39, 0.29) is 5.92 Å². The Balaban J connectivity index is 1.91. The normalized spacial score (nSPS) is 25.6. The van der Waals surface area contributed by atoms with Crippen molar-refractivity contribution < 1.29 is 9.53 Å². The Morgan fingerprint density at radius 3 is 2.61 bits per heavy atom. The van der Waals surface area contributed by atoms with E-state index in [0.29, 0.717) is 24.5 Å². The van der Waals surface area contributed by atoms with E-state index in [9.17, 15) is 4.79 Å². The molecule has 1 atom stereocenters. The zero-order valence-electron chi connectivity index (χ0n) is 11.7. The Hall–Kier alpha value is -0.610. The lowest BCUT2D eigenvalue weighted by Crippen LogP contribution is -2.45. The Bertz CT molecular complexity index is 269. The molecule has 0 saturated carbocycles. The Morgan fingerprint density at radius 2 is 2.06 bits per heavy atom. The second kappa shape index (κ2) is 6.53. The van der Waals surface area contributed by atoms with E-state index < -0.39 is 0 Å². The van der Waals surface area contributed by atoms with Gasteiger partial charge in [0.05, 0.1) is 12.5 Å². The van der Waals surface area contributed by atoms with Gasteiger partial charge in [-0.3, -0.25) is 4.79 Å². The predicted octanol–water partition coefficient (Wildman–Crippen LogP) is 1.26. The number of carbonyl (C=O) groups is 1. The SMILES string of the molecule is CC(C)N(CC1CCNCC1)C(=O)C1CCOC1. The van der Waals surface area contributed by atoms with Crippen LogP contribution in [0.3, 0.4) is 0 Å². The van der Waals surface area contributed by atoms with Crippen LogP contribution in [-0.4, -0.2) is 49.7 Å². The van der Waals surface area contributed by atoms with Crippen molar-refractivity contribution in [3.05, 3.63) is 0 Å². The Kier molecular flexibility index (Phi) is 5.01. The van der Waals surface area contributed by atoms with Gasteiger partial charge in [0.15, 0.2) is 0 Å². The maximum atomic E-state index is 12.5. The van der Waals surface area contributed by atoms with E-state index in [1.165, 1.54) is 12.8 Å². The lowest BCUT2D eigenvalue weighted by Gasteiger charge is -2.34. The van der Waals surface area contributed by atoms with Gasteiger partial charge >= 0.3 is 0 Å². The fourth-order valence-corrected chi connectivity index (χ4v) is 2.86. The van der Waals surface area contributed by atoms with Crippen molar-refractivity contribution in [3.8, 4) is 0 Å². The van der Waals surface area contributed by atoms with E-state index in [4.69, 9.17) is 4.74 Å². The van der Waals surface area contributed by atoms with Crippen molar-refractivity contribution in [2.24, 2.45) is 11.8 Å². The molecule has 0 aromatic heterocycles. The molecule has 4 nitrogen and oxygen atoms in total. The highest BCUT2D eigenvalue weighted by atomic mass is 16.5. The van der Waals surface area contributed by atoms with Crippen LogP contribution >= 0.6 is 0 Å². The van der Waals surface area contributed by atoms with Gasteiger partial charge in [-0.15, -0.1) is 0 Å². The largest absolute Gasteiger partial charge is 0.381 e. The van der Waals surface area contributed by atoms with Crippen molar-refractivity contribution in [2.75, 3.05) is 32.8 Å². The number of hydrogen-bond acceptors (Lipinski definition) is 3. The highest BCUT2D eigenvalue weighted by Crippen LogP contribution is 2.20. The maximum Gasteiger partial charge on any atom is 0.228 e. The third kappa shape index (κ3) is 3.45. The summed E-state index contributed by atoms with van der Waals surface area (Å²) in [6.07, 6.45) is 3.28. The summed E-state index contributed by atoms with van der Waals surface area (Å²) in [5, 5.41) is 3.38. The molecule has 2 saturated heterocycles. The number of hydrogen-bond donors (Lipinski definition) is 1. The first-order valence-corrected chi connectivity index (χ1v) is 7.27. The number of nitrogens with one attached hydrogen (secondary N) is 1. The summed E-state index contributed by atoms with van der Waals surface area (Å²) >= 11 is 0. The topological polar surface area (TPSA) is 41.6 Å². The average molecular weight is 254 g/mol. The summed E-state index contributed by atoms with van der Waals surface area (Å²) in [5.41, 5.74) is 0. The molecule has 2 fully saturated rings. The standard InChI is InChI=1S/C14H26N2O2/c1-11(2)16(9-12-3-6-15-7-4-12)14(17)13-5-8-18-10-13/h11-13,15H,3-10H2,1-2H3. The van der Waals surface area contributed by atoms with Gasteiger partial charge < -0.3 is 15.0 Å². The maximum absolute atomic E-state index is 12.5. The van der Waals surface area contributed by atoms with E-state index in [2.05, 4.69) is 24.1 Å². The van der Waals surface area contributed by atoms with Gasteiger partial charge in [-0.25, -0.2) is 0 Å². The summed E-state index contributed by atoms with van der Waals surface area (Å²) in [4.78, 5) is 14.6. The van der Waals surface area contributed by atoms with Crippen LogP contribution in [0.4, 0.5) is 0 Å². The Morgan fingerprint density at radius 1 is 1.33 bits per heavy atom. The zero-order valence-corrected chi connectivity index (χ0v) is 11.7. The van der Waals surface area contributed by atoms with Crippen LogP contribution in [-0.2, 0) is 9.53 Å². The number of piperidine rings is 1. The smallest absolute Gasteiger partial charge is 0.228 e. The third-order valence-electron chi connectivity index (χ3n) is 4.10. The van der Waals surface area contributed by atoms with E-state index in [1.807, 2.05) is 0 Å². The molecular weight excluding hydrogens is 228 g/mol. The molecule has 104 valence electrons. The van der Waals surface area contributed by atoms with E-state index >= 15 is 0 Å². The Labute approximate surface area is 110 Å². The van der Waals surface area contributed by atoms with Gasteiger partial charge in [-0.2, -0.15) is 0 Å². The zero-order chi connectivity index (χ0) is 13.0. The monoisotopic (exact) mass is 254 g/mol. The molecule has 0 aromatic carbocycles. The molecule has 0 spiro atoms. The quantitative estimate of drug-likeness (QED) is 0.821. The summed E-state index contributed by atoms with van der Waals surface area (Å²) in [6, 6.07) is 0.299. The van der Waals surface area contributed by atoms with Crippen molar-refractivity contribution in [3.63, 3.8) is 0 Å². The molecule has 18 heavy (non-hydrogen) atoms. The van der Waals surface area contributed by atoms with Gasteiger partial charge in [0.2, 0.25) is 5.91 Å². The molecule has 2 aliphatic rings. The summed E-state index contributed by atoms with van der Waals surface area (Å²) in [6.45, 7) is 8.72. The number of nitrogens with zero attached hydrogens (tertiary/aromatic N) is 1. The van der Waals surface area contributed by atoms with Gasteiger partial charge in [0.25, 0.3) is 0 Å². The van der Waals surface area contributed by atoms with Crippen molar-refractivity contribution >= 4 is 5.91 Å². The molecule has 0 bridgehead atoms. The molecule has 4 heteroatoms. The van der Waals surface area contributed by atoms with Gasteiger partial charge in [-0.1, -0.05) is 0 Å². The van der Waals surface area contributed by atoms with Crippen LogP contribution in [0.5, 0.6) is 0 Å². The summed E-state index contributed by atoms with van der Waals surface area (Å²) < 4.78 is 5.34. The van der Waals surface area contributed by atoms with Crippen LogP contribution in [0.2, 0.25) is 0 Å². The first-order chi connectivity index (χ1) is 8.68. The van der Waals surface area contributed by atoms with Crippen LogP contribution in [0.1, 0.15) is 33.1 Å². The van der Waals surface area contributed by atoms with Crippen molar-refractivity contribution in [1.29, 1.82) is 0 Å². The molecule has 2 aliphatic heterocycles. The van der Waals surface area contributed by atoms with Crippen LogP contribution in [0.15, 0.2) is 0 Å². The van der Waals surface area contributed by atoms with Crippen molar-refractivity contribution in [2.45, 2.75) is 39.2 Å². The average Bonchev–Trinajstić information content (AvgIpc) is 2.90. The number of rotatable bonds is 4. The molecule has 1 N–H and O–H groups in total. The van der Waals surface area contributed by atoms with Gasteiger partial charge in [0.1, 0.15) is 0 Å². The summed E-state index contributed by atoms with van der Waals surface area (Å²) in [5.74, 6) is 1.08. The minimum atomic E-state index is 0.106. The minimum Gasteiger partial charge on any atom is -0.381 e. The predicted molar refractivity (Wildman–Crippen MR) is 71.4 cm³/mol. The summed E-state index contributed by atoms with van der Waals surface area (Å²) in [7, 11) is 0. The number of amides is 1. The lowest BCUT2D eigenvalue weighted by molar-refractivity contribution is -0.138. The fraction of sp³-hybridized carbons (Fsp3) is 0.929. The van der Waals surface area contributed by atoms with Gasteiger partial charge in [0, 0.05) is 19.2 Å². The highest BCUT2D eigenvalue weighted by Gasteiger charge is 2.30. The molecule has 0 radical (unpaired) electrons. The molecule has 1 unspecified atom stereocenters. The second-order valence-electron chi connectivity index (χ2n) is 5.84. The fourth-order valence-electron chi connectivity index (χ4n) is 2.86. The first kappa shape index (κ1) is 13.8. The molecular formula is C14H26N2O2. The minimum absolute atomic E-state index is 0.106. The highest BCUT2D eigenvalue weighted by molar-refractivity contribution is 5.79. The molecule has 0 aliphatic carbocycles. The third-order valence-corrected chi connectivity index (χ3v) is 4.10. The van der Waals surface area contributed by atoms with Crippen LogP contribution in [0, 0.1) is 11.8 Å². The molecule has 0 aromatic rings. The lowest BCUT2D eigenvalue weighted by atomic mass is 9.96. The van der Waals surface area contributed by atoms with Crippen molar-refractivity contribution in [1.82, 2.24) is 10.2 Å². The first-order valence-electron chi connectivity index (χ1n) is 7.27. The molecule has 1 amide bonds. The van der Waals surface area contributed by atoms with Gasteiger partial charge in [-0.05, 0) is 52.1 Å².